The van der Waals surface area contributed by atoms with Gasteiger partial charge in [-0.05, 0) is 70.9 Å². The van der Waals surface area contributed by atoms with E-state index in [0.29, 0.717) is 57.8 Å². The van der Waals surface area contributed by atoms with E-state index in [0.717, 1.165) is 22.0 Å². The van der Waals surface area contributed by atoms with Gasteiger partial charge in [0.1, 0.15) is 6.61 Å². The minimum Gasteiger partial charge on any atom is -0.486 e. The Morgan fingerprint density at radius 1 is 0.949 bits per heavy atom. The highest BCUT2D eigenvalue weighted by molar-refractivity contribution is 8.18. The number of thioether (sulfide) groups is 1. The first-order chi connectivity index (χ1) is 19.0. The molecule has 1 fully saturated rings. The summed E-state index contributed by atoms with van der Waals surface area (Å²) < 4.78 is 11.6. The van der Waals surface area contributed by atoms with E-state index in [1.165, 1.54) is 11.8 Å². The van der Waals surface area contributed by atoms with E-state index in [9.17, 15) is 4.79 Å². The molecule has 1 saturated heterocycles. The number of aliphatic imine (C=N–C) groups is 1. The minimum absolute atomic E-state index is 0.141. The molecule has 198 valence electrons. The average Bonchev–Trinajstić information content (AvgIpc) is 3.22. The van der Waals surface area contributed by atoms with Crippen LogP contribution in [0.25, 0.3) is 16.8 Å². The summed E-state index contributed by atoms with van der Waals surface area (Å²) in [6.07, 6.45) is 1.78. The Morgan fingerprint density at radius 2 is 1.67 bits per heavy atom. The number of benzene rings is 4. The summed E-state index contributed by atoms with van der Waals surface area (Å²) >= 11 is 14.5. The number of rotatable bonds is 9. The summed E-state index contributed by atoms with van der Waals surface area (Å²) in [6, 6.07) is 27.3. The molecule has 4 aromatic carbocycles. The number of ether oxygens (including phenoxy) is 2. The lowest BCUT2D eigenvalue weighted by atomic mass is 10.1. The summed E-state index contributed by atoms with van der Waals surface area (Å²) in [6.45, 7) is 3.65. The Bertz CT molecular complexity index is 1530. The lowest BCUT2D eigenvalue weighted by Gasteiger charge is -2.15. The van der Waals surface area contributed by atoms with Crippen LogP contribution >= 0.6 is 35.0 Å². The number of amidine groups is 1. The molecular formula is C31H26Cl2N2O3S. The highest BCUT2D eigenvalue weighted by Crippen LogP contribution is 2.38. The van der Waals surface area contributed by atoms with Crippen molar-refractivity contribution in [2.45, 2.75) is 13.5 Å². The van der Waals surface area contributed by atoms with Crippen LogP contribution in [-0.2, 0) is 16.1 Å². The van der Waals surface area contributed by atoms with E-state index in [1.54, 1.807) is 23.1 Å². The standard InChI is InChI=1S/C31H26Cl2N2O3S/c1-2-37-16-15-35-30(36)28(39-31(35)34-24-12-4-3-5-13-24)19-21-17-26(32)29(27(33)18-21)38-20-23-11-8-10-22-9-6-7-14-25(22)23/h3-14,17-19H,2,15-16,20H2,1H3/b28-19-,34-31?. The van der Waals surface area contributed by atoms with Crippen molar-refractivity contribution in [3.05, 3.63) is 111 Å². The topological polar surface area (TPSA) is 51.1 Å². The van der Waals surface area contributed by atoms with Crippen LogP contribution in [0.5, 0.6) is 5.75 Å². The van der Waals surface area contributed by atoms with E-state index in [-0.39, 0.29) is 5.91 Å². The van der Waals surface area contributed by atoms with Crippen molar-refractivity contribution in [3.8, 4) is 5.75 Å². The highest BCUT2D eigenvalue weighted by Gasteiger charge is 2.33. The van der Waals surface area contributed by atoms with E-state index in [4.69, 9.17) is 37.7 Å². The number of halogens is 2. The van der Waals surface area contributed by atoms with Crippen molar-refractivity contribution < 1.29 is 14.3 Å². The van der Waals surface area contributed by atoms with Gasteiger partial charge >= 0.3 is 0 Å². The Labute approximate surface area is 242 Å². The van der Waals surface area contributed by atoms with Gasteiger partial charge in [-0.3, -0.25) is 9.69 Å². The summed E-state index contributed by atoms with van der Waals surface area (Å²) in [5, 5.41) is 3.60. The number of nitrogens with zero attached hydrogens (tertiary/aromatic N) is 2. The predicted octanol–water partition coefficient (Wildman–Crippen LogP) is 8.37. The number of hydrogen-bond acceptors (Lipinski definition) is 5. The number of hydrogen-bond donors (Lipinski definition) is 0. The van der Waals surface area contributed by atoms with Crippen LogP contribution < -0.4 is 4.74 Å². The van der Waals surface area contributed by atoms with Gasteiger partial charge < -0.3 is 9.47 Å². The van der Waals surface area contributed by atoms with Crippen LogP contribution in [0, 0.1) is 0 Å². The number of para-hydroxylation sites is 1. The first kappa shape index (κ1) is 27.3. The Balaban J connectivity index is 1.37. The Morgan fingerprint density at radius 3 is 2.44 bits per heavy atom. The second-order valence-electron chi connectivity index (χ2n) is 8.73. The second kappa shape index (κ2) is 12.7. The first-order valence-electron chi connectivity index (χ1n) is 12.5. The van der Waals surface area contributed by atoms with Gasteiger partial charge in [0.25, 0.3) is 5.91 Å². The van der Waals surface area contributed by atoms with Crippen molar-refractivity contribution >= 4 is 68.6 Å². The molecular weight excluding hydrogens is 551 g/mol. The van der Waals surface area contributed by atoms with Gasteiger partial charge in [0.15, 0.2) is 10.9 Å². The smallest absolute Gasteiger partial charge is 0.266 e. The third kappa shape index (κ3) is 6.48. The normalized spacial score (nSPS) is 15.6. The monoisotopic (exact) mass is 576 g/mol. The van der Waals surface area contributed by atoms with Gasteiger partial charge in [-0.15, -0.1) is 0 Å². The average molecular weight is 578 g/mol. The van der Waals surface area contributed by atoms with Gasteiger partial charge in [-0.1, -0.05) is 83.9 Å². The second-order valence-corrected chi connectivity index (χ2v) is 10.6. The van der Waals surface area contributed by atoms with Gasteiger partial charge in [0, 0.05) is 6.61 Å². The number of amides is 1. The molecule has 1 aliphatic heterocycles. The summed E-state index contributed by atoms with van der Waals surface area (Å²) in [4.78, 5) is 20.2. The van der Waals surface area contributed by atoms with Gasteiger partial charge in [0.05, 0.1) is 33.8 Å². The Kier molecular flexibility index (Phi) is 8.89. The maximum absolute atomic E-state index is 13.3. The van der Waals surface area contributed by atoms with Crippen molar-refractivity contribution in [3.63, 3.8) is 0 Å². The molecule has 0 radical (unpaired) electrons. The lowest BCUT2D eigenvalue weighted by molar-refractivity contribution is -0.122. The van der Waals surface area contributed by atoms with Crippen molar-refractivity contribution in [2.75, 3.05) is 19.8 Å². The lowest BCUT2D eigenvalue weighted by Crippen LogP contribution is -2.32. The van der Waals surface area contributed by atoms with E-state index in [2.05, 4.69) is 18.2 Å². The van der Waals surface area contributed by atoms with Crippen LogP contribution in [0.15, 0.2) is 94.8 Å². The molecule has 39 heavy (non-hydrogen) atoms. The van der Waals surface area contributed by atoms with E-state index in [1.807, 2.05) is 61.5 Å². The third-order valence-electron chi connectivity index (χ3n) is 6.10. The number of carbonyl (C=O) groups excluding carboxylic acids is 1. The quantitative estimate of drug-likeness (QED) is 0.148. The van der Waals surface area contributed by atoms with Crippen molar-refractivity contribution in [1.29, 1.82) is 0 Å². The fraction of sp³-hybridized carbons (Fsp3) is 0.161. The van der Waals surface area contributed by atoms with Crippen LogP contribution in [0.2, 0.25) is 10.0 Å². The summed E-state index contributed by atoms with van der Waals surface area (Å²) in [7, 11) is 0. The molecule has 0 bridgehead atoms. The molecule has 1 heterocycles. The largest absolute Gasteiger partial charge is 0.486 e. The molecule has 0 spiro atoms. The third-order valence-corrected chi connectivity index (χ3v) is 7.67. The molecule has 0 saturated carbocycles. The molecule has 0 aliphatic carbocycles. The van der Waals surface area contributed by atoms with E-state index < -0.39 is 0 Å². The van der Waals surface area contributed by atoms with Crippen LogP contribution in [-0.4, -0.2) is 35.7 Å². The van der Waals surface area contributed by atoms with E-state index >= 15 is 0 Å². The molecule has 1 amide bonds. The minimum atomic E-state index is -0.141. The molecule has 0 aromatic heterocycles. The molecule has 1 aliphatic rings. The molecule has 4 aromatic rings. The van der Waals surface area contributed by atoms with Crippen LogP contribution in [0.3, 0.4) is 0 Å². The van der Waals surface area contributed by atoms with Gasteiger partial charge in [-0.25, -0.2) is 4.99 Å². The van der Waals surface area contributed by atoms with Gasteiger partial charge in [0.2, 0.25) is 0 Å². The Hall–Kier alpha value is -3.29. The molecule has 5 nitrogen and oxygen atoms in total. The van der Waals surface area contributed by atoms with Gasteiger partial charge in [-0.2, -0.15) is 0 Å². The van der Waals surface area contributed by atoms with Crippen LogP contribution in [0.1, 0.15) is 18.1 Å². The predicted molar refractivity (Wildman–Crippen MR) is 162 cm³/mol. The highest BCUT2D eigenvalue weighted by atomic mass is 35.5. The van der Waals surface area contributed by atoms with Crippen molar-refractivity contribution in [2.24, 2.45) is 4.99 Å². The fourth-order valence-electron chi connectivity index (χ4n) is 4.22. The summed E-state index contributed by atoms with van der Waals surface area (Å²) in [5.41, 5.74) is 2.51. The molecule has 0 unspecified atom stereocenters. The number of fused-ring (bicyclic) bond motifs is 1. The molecule has 0 atom stereocenters. The molecule has 8 heteroatoms. The summed E-state index contributed by atoms with van der Waals surface area (Å²) in [5.74, 6) is 0.265. The molecule has 5 rings (SSSR count). The maximum atomic E-state index is 13.3. The number of carbonyl (C=O) groups is 1. The SMILES string of the molecule is CCOCCN1C(=O)/C(=C/c2cc(Cl)c(OCc3cccc4ccccc34)c(Cl)c2)SC1=Nc1ccccc1. The first-order valence-corrected chi connectivity index (χ1v) is 14.1. The van der Waals surface area contributed by atoms with Crippen molar-refractivity contribution in [1.82, 2.24) is 4.90 Å². The maximum Gasteiger partial charge on any atom is 0.266 e. The zero-order valence-corrected chi connectivity index (χ0v) is 23.6. The molecule has 0 N–H and O–H groups in total. The zero-order chi connectivity index (χ0) is 27.2. The van der Waals surface area contributed by atoms with Crippen LogP contribution in [0.4, 0.5) is 5.69 Å². The zero-order valence-electron chi connectivity index (χ0n) is 21.3. The fourth-order valence-corrected chi connectivity index (χ4v) is 5.86.